The molecular weight excluding hydrogens is 282 g/mol. The predicted octanol–water partition coefficient (Wildman–Crippen LogP) is 3.51. The largest absolute Gasteiger partial charge is 0.467 e. The molecule has 0 N–H and O–H groups in total. The van der Waals surface area contributed by atoms with Crippen LogP contribution in [0.2, 0.25) is 0 Å². The molecule has 1 unspecified atom stereocenters. The normalized spacial score (nSPS) is 26.3. The lowest BCUT2D eigenvalue weighted by Crippen LogP contribution is -2.55. The van der Waals surface area contributed by atoms with Gasteiger partial charge in [0.2, 0.25) is 0 Å². The van der Waals surface area contributed by atoms with Crippen molar-refractivity contribution in [2.45, 2.75) is 76.9 Å². The number of nitrogens with zero attached hydrogens (tertiary/aromatic N) is 1. The van der Waals surface area contributed by atoms with Crippen molar-refractivity contribution in [1.29, 1.82) is 0 Å². The van der Waals surface area contributed by atoms with Crippen molar-refractivity contribution < 1.29 is 19.1 Å². The van der Waals surface area contributed by atoms with Gasteiger partial charge in [0, 0.05) is 6.54 Å². The molecule has 0 aromatic rings. The van der Waals surface area contributed by atoms with E-state index < -0.39 is 17.2 Å². The van der Waals surface area contributed by atoms with Crippen LogP contribution in [0.4, 0.5) is 4.79 Å². The molecule has 0 aromatic carbocycles. The number of carbonyl (C=O) groups excluding carboxylic acids is 2. The highest BCUT2D eigenvalue weighted by Gasteiger charge is 2.52. The van der Waals surface area contributed by atoms with E-state index in [-0.39, 0.29) is 5.97 Å². The lowest BCUT2D eigenvalue weighted by Gasteiger charge is -2.38. The third-order valence-electron chi connectivity index (χ3n) is 4.77. The number of carbonyl (C=O) groups is 2. The first-order valence-electron chi connectivity index (χ1n) is 8.37. The number of likely N-dealkylation sites (tertiary alicyclic amines) is 1. The van der Waals surface area contributed by atoms with Gasteiger partial charge in [0.1, 0.15) is 11.1 Å². The number of esters is 1. The number of amides is 1. The van der Waals surface area contributed by atoms with Crippen molar-refractivity contribution in [2.75, 3.05) is 13.7 Å². The lowest BCUT2D eigenvalue weighted by molar-refractivity contribution is -0.154. The van der Waals surface area contributed by atoms with Crippen LogP contribution in [0.25, 0.3) is 0 Å². The molecule has 1 saturated carbocycles. The van der Waals surface area contributed by atoms with Gasteiger partial charge in [-0.2, -0.15) is 0 Å². The van der Waals surface area contributed by atoms with Crippen molar-refractivity contribution in [3.63, 3.8) is 0 Å². The van der Waals surface area contributed by atoms with Crippen LogP contribution in [0, 0.1) is 5.92 Å². The summed E-state index contributed by atoms with van der Waals surface area (Å²) < 4.78 is 10.6. The van der Waals surface area contributed by atoms with Gasteiger partial charge in [0.15, 0.2) is 0 Å². The minimum absolute atomic E-state index is 0.289. The molecule has 1 aliphatic carbocycles. The maximum Gasteiger partial charge on any atom is 0.411 e. The van der Waals surface area contributed by atoms with Gasteiger partial charge >= 0.3 is 12.1 Å². The minimum Gasteiger partial charge on any atom is -0.467 e. The SMILES string of the molecule is COC(=O)C1(CC2CCCC2)CCCN1C(=O)OC(C)(C)C. The molecule has 2 fully saturated rings. The van der Waals surface area contributed by atoms with Crippen LogP contribution in [0.5, 0.6) is 0 Å². The Hall–Kier alpha value is -1.26. The summed E-state index contributed by atoms with van der Waals surface area (Å²) in [6, 6.07) is 0. The molecule has 1 saturated heterocycles. The Labute approximate surface area is 133 Å². The Bertz CT molecular complexity index is 423. The monoisotopic (exact) mass is 311 g/mol. The molecule has 22 heavy (non-hydrogen) atoms. The number of ether oxygens (including phenoxy) is 2. The lowest BCUT2D eigenvalue weighted by atomic mass is 9.84. The Kier molecular flexibility index (Phi) is 5.03. The first-order valence-corrected chi connectivity index (χ1v) is 8.37. The van der Waals surface area contributed by atoms with Gasteiger partial charge in [-0.3, -0.25) is 4.90 Å². The summed E-state index contributed by atoms with van der Waals surface area (Å²) in [5.41, 5.74) is -1.39. The first kappa shape index (κ1) is 17.1. The zero-order valence-corrected chi connectivity index (χ0v) is 14.3. The Morgan fingerprint density at radius 1 is 1.18 bits per heavy atom. The van der Waals surface area contributed by atoms with Crippen LogP contribution < -0.4 is 0 Å². The van der Waals surface area contributed by atoms with Gasteiger partial charge in [-0.05, 0) is 46.0 Å². The van der Waals surface area contributed by atoms with Crippen molar-refractivity contribution in [1.82, 2.24) is 4.90 Å². The molecular formula is C17H29NO4. The highest BCUT2D eigenvalue weighted by Crippen LogP contribution is 2.41. The highest BCUT2D eigenvalue weighted by molar-refractivity contribution is 5.86. The van der Waals surface area contributed by atoms with Gasteiger partial charge in [-0.25, -0.2) is 9.59 Å². The summed E-state index contributed by atoms with van der Waals surface area (Å²) in [6.45, 7) is 6.10. The average Bonchev–Trinajstić information content (AvgIpc) is 3.06. The molecule has 1 heterocycles. The fourth-order valence-corrected chi connectivity index (χ4v) is 3.85. The topological polar surface area (TPSA) is 55.8 Å². The molecule has 0 aromatic heterocycles. The van der Waals surface area contributed by atoms with Gasteiger partial charge in [-0.15, -0.1) is 0 Å². The maximum absolute atomic E-state index is 12.6. The number of hydrogen-bond donors (Lipinski definition) is 0. The summed E-state index contributed by atoms with van der Waals surface area (Å²) >= 11 is 0. The summed E-state index contributed by atoms with van der Waals surface area (Å²) in [5, 5.41) is 0. The molecule has 5 heteroatoms. The molecule has 2 rings (SSSR count). The van der Waals surface area contributed by atoms with E-state index in [4.69, 9.17) is 9.47 Å². The summed E-state index contributed by atoms with van der Waals surface area (Å²) in [6.07, 6.45) is 6.52. The molecule has 0 radical (unpaired) electrons. The minimum atomic E-state index is -0.827. The summed E-state index contributed by atoms with van der Waals surface area (Å²) in [4.78, 5) is 26.7. The van der Waals surface area contributed by atoms with Crippen LogP contribution in [0.15, 0.2) is 0 Å². The number of rotatable bonds is 3. The van der Waals surface area contributed by atoms with E-state index in [9.17, 15) is 9.59 Å². The second-order valence-corrected chi connectivity index (χ2v) is 7.61. The molecule has 1 aliphatic heterocycles. The number of hydrogen-bond acceptors (Lipinski definition) is 4. The van der Waals surface area contributed by atoms with Gasteiger partial charge in [0.25, 0.3) is 0 Å². The van der Waals surface area contributed by atoms with Crippen molar-refractivity contribution in [3.8, 4) is 0 Å². The third-order valence-corrected chi connectivity index (χ3v) is 4.77. The Morgan fingerprint density at radius 3 is 2.36 bits per heavy atom. The van der Waals surface area contributed by atoms with Crippen LogP contribution in [0.3, 0.4) is 0 Å². The van der Waals surface area contributed by atoms with E-state index in [2.05, 4.69) is 0 Å². The average molecular weight is 311 g/mol. The van der Waals surface area contributed by atoms with Gasteiger partial charge < -0.3 is 9.47 Å². The van der Waals surface area contributed by atoms with Crippen LogP contribution in [0.1, 0.15) is 65.7 Å². The second-order valence-electron chi connectivity index (χ2n) is 7.61. The highest BCUT2D eigenvalue weighted by atomic mass is 16.6. The zero-order valence-electron chi connectivity index (χ0n) is 14.3. The van der Waals surface area contributed by atoms with Crippen molar-refractivity contribution >= 4 is 12.1 Å². The van der Waals surface area contributed by atoms with E-state index in [0.717, 1.165) is 19.3 Å². The van der Waals surface area contributed by atoms with E-state index in [1.165, 1.54) is 20.0 Å². The standard InChI is InChI=1S/C17H29NO4/c1-16(2,3)22-15(20)18-11-7-10-17(18,14(19)21-4)12-13-8-5-6-9-13/h13H,5-12H2,1-4H3. The summed E-state index contributed by atoms with van der Waals surface area (Å²) in [7, 11) is 1.41. The van der Waals surface area contributed by atoms with Crippen LogP contribution in [-0.4, -0.2) is 41.8 Å². The van der Waals surface area contributed by atoms with E-state index in [0.29, 0.717) is 25.3 Å². The predicted molar refractivity (Wildman–Crippen MR) is 83.5 cm³/mol. The second kappa shape index (κ2) is 6.47. The van der Waals surface area contributed by atoms with E-state index in [1.54, 1.807) is 4.90 Å². The molecule has 0 bridgehead atoms. The van der Waals surface area contributed by atoms with Crippen LogP contribution >= 0.6 is 0 Å². The fourth-order valence-electron chi connectivity index (χ4n) is 3.85. The molecule has 1 atom stereocenters. The van der Waals surface area contributed by atoms with Gasteiger partial charge in [-0.1, -0.05) is 25.7 Å². The zero-order chi connectivity index (χ0) is 16.4. The molecule has 1 amide bonds. The maximum atomic E-state index is 12.6. The van der Waals surface area contributed by atoms with Crippen molar-refractivity contribution in [2.24, 2.45) is 5.92 Å². The smallest absolute Gasteiger partial charge is 0.411 e. The van der Waals surface area contributed by atoms with E-state index >= 15 is 0 Å². The first-order chi connectivity index (χ1) is 10.3. The Morgan fingerprint density at radius 2 is 1.82 bits per heavy atom. The van der Waals surface area contributed by atoms with E-state index in [1.807, 2.05) is 20.8 Å². The van der Waals surface area contributed by atoms with Crippen molar-refractivity contribution in [3.05, 3.63) is 0 Å². The Balaban J connectivity index is 2.21. The summed E-state index contributed by atoms with van der Waals surface area (Å²) in [5.74, 6) is 0.213. The molecule has 2 aliphatic rings. The molecule has 5 nitrogen and oxygen atoms in total. The fraction of sp³-hybridized carbons (Fsp3) is 0.882. The number of methoxy groups -OCH3 is 1. The molecule has 126 valence electrons. The van der Waals surface area contributed by atoms with Gasteiger partial charge in [0.05, 0.1) is 7.11 Å². The van der Waals surface area contributed by atoms with Crippen LogP contribution in [-0.2, 0) is 14.3 Å². The molecule has 0 spiro atoms. The quantitative estimate of drug-likeness (QED) is 0.748. The third kappa shape index (κ3) is 3.55.